The second kappa shape index (κ2) is 5.40. The predicted molar refractivity (Wildman–Crippen MR) is 73.2 cm³/mol. The number of aromatic nitrogens is 4. The van der Waals surface area contributed by atoms with Crippen molar-refractivity contribution in [1.29, 1.82) is 0 Å². The van der Waals surface area contributed by atoms with Crippen molar-refractivity contribution in [3.8, 4) is 0 Å². The van der Waals surface area contributed by atoms with Gasteiger partial charge in [0.05, 0.1) is 12.4 Å². The van der Waals surface area contributed by atoms with E-state index in [1.807, 2.05) is 11.1 Å². The van der Waals surface area contributed by atoms with Crippen molar-refractivity contribution in [1.82, 2.24) is 25.1 Å². The van der Waals surface area contributed by atoms with Crippen molar-refractivity contribution in [2.75, 3.05) is 13.1 Å². The van der Waals surface area contributed by atoms with Crippen LogP contribution in [0.4, 0.5) is 0 Å². The highest BCUT2D eigenvalue weighted by atomic mass is 16.2. The molecule has 1 saturated heterocycles. The lowest BCUT2D eigenvalue weighted by Crippen LogP contribution is -2.38. The molecule has 1 fully saturated rings. The normalized spacial score (nSPS) is 16.4. The lowest BCUT2D eigenvalue weighted by Gasteiger charge is -2.31. The molecule has 1 amide bonds. The number of nitrogens with one attached hydrogen (secondary N) is 1. The summed E-state index contributed by atoms with van der Waals surface area (Å²) in [5.74, 6) is 0.432. The number of aryl methyl sites for hydroxylation is 1. The average molecular weight is 271 g/mol. The van der Waals surface area contributed by atoms with Gasteiger partial charge in [-0.3, -0.25) is 14.9 Å². The molecular weight excluding hydrogens is 254 g/mol. The summed E-state index contributed by atoms with van der Waals surface area (Å²) in [6, 6.07) is 0. The summed E-state index contributed by atoms with van der Waals surface area (Å²) in [7, 11) is 0. The van der Waals surface area contributed by atoms with Gasteiger partial charge in [0.2, 0.25) is 0 Å². The molecule has 0 aliphatic carbocycles. The molecule has 20 heavy (non-hydrogen) atoms. The number of amides is 1. The maximum absolute atomic E-state index is 12.3. The fourth-order valence-corrected chi connectivity index (χ4v) is 2.71. The first-order chi connectivity index (χ1) is 9.75. The molecule has 6 nitrogen and oxygen atoms in total. The third kappa shape index (κ3) is 2.41. The minimum absolute atomic E-state index is 0.0297. The van der Waals surface area contributed by atoms with Crippen molar-refractivity contribution in [2.24, 2.45) is 0 Å². The molecule has 0 radical (unpaired) electrons. The molecule has 1 N–H and O–H groups in total. The topological polar surface area (TPSA) is 74.8 Å². The number of H-pyrrole nitrogens is 1. The standard InChI is InChI=1S/C14H17N5O/c1-10-8-17-18-13(10)11-2-6-19(7-3-11)14(20)12-9-15-4-5-16-12/h4-5,8-9,11H,2-3,6-7H2,1H3,(H,17,18). The van der Waals surface area contributed by atoms with E-state index in [4.69, 9.17) is 0 Å². The van der Waals surface area contributed by atoms with Gasteiger partial charge in [0.25, 0.3) is 5.91 Å². The predicted octanol–water partition coefficient (Wildman–Crippen LogP) is 1.53. The Morgan fingerprint density at radius 3 is 2.70 bits per heavy atom. The smallest absolute Gasteiger partial charge is 0.274 e. The van der Waals surface area contributed by atoms with Crippen LogP contribution in [0.3, 0.4) is 0 Å². The Morgan fingerprint density at radius 2 is 2.10 bits per heavy atom. The van der Waals surface area contributed by atoms with Crippen molar-refractivity contribution in [3.63, 3.8) is 0 Å². The molecular formula is C14H17N5O. The number of piperidine rings is 1. The van der Waals surface area contributed by atoms with Gasteiger partial charge in [0, 0.05) is 37.1 Å². The maximum atomic E-state index is 12.3. The Hall–Kier alpha value is -2.24. The van der Waals surface area contributed by atoms with E-state index in [1.165, 1.54) is 17.5 Å². The first-order valence-corrected chi connectivity index (χ1v) is 6.81. The quantitative estimate of drug-likeness (QED) is 0.898. The summed E-state index contributed by atoms with van der Waals surface area (Å²) in [6.07, 6.45) is 8.40. The van der Waals surface area contributed by atoms with E-state index < -0.39 is 0 Å². The lowest BCUT2D eigenvalue weighted by atomic mass is 9.91. The molecule has 0 aromatic carbocycles. The maximum Gasteiger partial charge on any atom is 0.274 e. The summed E-state index contributed by atoms with van der Waals surface area (Å²) < 4.78 is 0. The van der Waals surface area contributed by atoms with Gasteiger partial charge in [-0.05, 0) is 25.3 Å². The van der Waals surface area contributed by atoms with Gasteiger partial charge < -0.3 is 4.90 Å². The van der Waals surface area contributed by atoms with E-state index in [0.29, 0.717) is 11.6 Å². The number of aromatic amines is 1. The number of carbonyl (C=O) groups excluding carboxylic acids is 1. The van der Waals surface area contributed by atoms with Gasteiger partial charge in [-0.2, -0.15) is 5.10 Å². The molecule has 0 spiro atoms. The Kier molecular flexibility index (Phi) is 3.45. The third-order valence-corrected chi connectivity index (χ3v) is 3.84. The van der Waals surface area contributed by atoms with Gasteiger partial charge in [0.15, 0.2) is 0 Å². The summed E-state index contributed by atoms with van der Waals surface area (Å²) in [4.78, 5) is 22.1. The molecule has 2 aromatic heterocycles. The summed E-state index contributed by atoms with van der Waals surface area (Å²) in [6.45, 7) is 3.56. The highest BCUT2D eigenvalue weighted by molar-refractivity contribution is 5.92. The van der Waals surface area contributed by atoms with Crippen LogP contribution in [-0.4, -0.2) is 44.1 Å². The van der Waals surface area contributed by atoms with Crippen LogP contribution in [-0.2, 0) is 0 Å². The fraction of sp³-hybridized carbons (Fsp3) is 0.429. The summed E-state index contributed by atoms with van der Waals surface area (Å²) in [5, 5.41) is 7.15. The highest BCUT2D eigenvalue weighted by Crippen LogP contribution is 2.28. The second-order valence-corrected chi connectivity index (χ2v) is 5.12. The van der Waals surface area contributed by atoms with Crippen molar-refractivity contribution >= 4 is 5.91 Å². The minimum Gasteiger partial charge on any atom is -0.337 e. The average Bonchev–Trinajstić information content (AvgIpc) is 2.94. The van der Waals surface area contributed by atoms with Crippen LogP contribution in [0.15, 0.2) is 24.8 Å². The largest absolute Gasteiger partial charge is 0.337 e. The first-order valence-electron chi connectivity index (χ1n) is 6.81. The molecule has 3 rings (SSSR count). The Bertz CT molecular complexity index is 587. The van der Waals surface area contributed by atoms with Crippen molar-refractivity contribution in [2.45, 2.75) is 25.7 Å². The third-order valence-electron chi connectivity index (χ3n) is 3.84. The highest BCUT2D eigenvalue weighted by Gasteiger charge is 2.26. The zero-order valence-corrected chi connectivity index (χ0v) is 11.4. The fourth-order valence-electron chi connectivity index (χ4n) is 2.71. The molecule has 1 aliphatic heterocycles. The van der Waals surface area contributed by atoms with E-state index in [-0.39, 0.29) is 5.91 Å². The number of hydrogen-bond donors (Lipinski definition) is 1. The Morgan fingerprint density at radius 1 is 1.30 bits per heavy atom. The van der Waals surface area contributed by atoms with E-state index >= 15 is 0 Å². The molecule has 0 bridgehead atoms. The number of likely N-dealkylation sites (tertiary alicyclic amines) is 1. The molecule has 0 saturated carbocycles. The second-order valence-electron chi connectivity index (χ2n) is 5.12. The van der Waals surface area contributed by atoms with Crippen LogP contribution in [0.25, 0.3) is 0 Å². The molecule has 3 heterocycles. The summed E-state index contributed by atoms with van der Waals surface area (Å²) in [5.41, 5.74) is 2.82. The van der Waals surface area contributed by atoms with Gasteiger partial charge in [-0.25, -0.2) is 4.98 Å². The molecule has 0 atom stereocenters. The Labute approximate surface area is 117 Å². The first kappa shape index (κ1) is 12.8. The zero-order chi connectivity index (χ0) is 13.9. The van der Waals surface area contributed by atoms with Crippen LogP contribution >= 0.6 is 0 Å². The van der Waals surface area contributed by atoms with Crippen molar-refractivity contribution < 1.29 is 4.79 Å². The number of hydrogen-bond acceptors (Lipinski definition) is 4. The monoisotopic (exact) mass is 271 g/mol. The molecule has 6 heteroatoms. The van der Waals surface area contributed by atoms with Gasteiger partial charge in [-0.1, -0.05) is 0 Å². The minimum atomic E-state index is -0.0297. The van der Waals surface area contributed by atoms with E-state index in [9.17, 15) is 4.79 Å². The SMILES string of the molecule is Cc1cn[nH]c1C1CCN(C(=O)c2cnccn2)CC1. The van der Waals surface area contributed by atoms with E-state index in [1.54, 1.807) is 12.4 Å². The molecule has 0 unspecified atom stereocenters. The van der Waals surface area contributed by atoms with Crippen LogP contribution in [0, 0.1) is 6.92 Å². The van der Waals surface area contributed by atoms with Crippen LogP contribution in [0.2, 0.25) is 0 Å². The van der Waals surface area contributed by atoms with Crippen LogP contribution < -0.4 is 0 Å². The molecule has 2 aromatic rings. The van der Waals surface area contributed by atoms with Gasteiger partial charge in [0.1, 0.15) is 5.69 Å². The Balaban J connectivity index is 1.64. The lowest BCUT2D eigenvalue weighted by molar-refractivity contribution is 0.0705. The van der Waals surface area contributed by atoms with Gasteiger partial charge >= 0.3 is 0 Å². The number of nitrogens with zero attached hydrogens (tertiary/aromatic N) is 4. The van der Waals surface area contributed by atoms with Crippen LogP contribution in [0.5, 0.6) is 0 Å². The number of rotatable bonds is 2. The van der Waals surface area contributed by atoms with Crippen LogP contribution in [0.1, 0.15) is 40.5 Å². The zero-order valence-electron chi connectivity index (χ0n) is 11.4. The van der Waals surface area contributed by atoms with E-state index in [2.05, 4.69) is 27.1 Å². The molecule has 1 aliphatic rings. The van der Waals surface area contributed by atoms with Crippen molar-refractivity contribution in [3.05, 3.63) is 41.7 Å². The van der Waals surface area contributed by atoms with Gasteiger partial charge in [-0.15, -0.1) is 0 Å². The van der Waals surface area contributed by atoms with E-state index in [0.717, 1.165) is 25.9 Å². The molecule has 104 valence electrons. The summed E-state index contributed by atoms with van der Waals surface area (Å²) >= 11 is 0. The number of carbonyl (C=O) groups is 1.